The van der Waals surface area contributed by atoms with Gasteiger partial charge in [-0.3, -0.25) is 0 Å². The zero-order valence-electron chi connectivity index (χ0n) is 12.8. The van der Waals surface area contributed by atoms with Crippen molar-refractivity contribution in [2.75, 3.05) is 0 Å². The van der Waals surface area contributed by atoms with Crippen LogP contribution >= 0.6 is 0 Å². The van der Waals surface area contributed by atoms with Crippen LogP contribution in [0.5, 0.6) is 5.88 Å². The maximum absolute atomic E-state index is 5.93. The minimum Gasteiger partial charge on any atom is -0.474 e. The van der Waals surface area contributed by atoms with E-state index < -0.39 is 0 Å². The highest BCUT2D eigenvalue weighted by Gasteiger charge is 2.10. The normalized spacial score (nSPS) is 12.8. The number of rotatable bonds is 6. The van der Waals surface area contributed by atoms with Gasteiger partial charge in [0.15, 0.2) is 0 Å². The summed E-state index contributed by atoms with van der Waals surface area (Å²) in [5.41, 5.74) is 1.21. The van der Waals surface area contributed by atoms with Crippen molar-refractivity contribution in [1.29, 1.82) is 0 Å². The van der Waals surface area contributed by atoms with Crippen molar-refractivity contribution in [3.63, 3.8) is 0 Å². The van der Waals surface area contributed by atoms with Crippen molar-refractivity contribution in [1.82, 2.24) is 10.3 Å². The van der Waals surface area contributed by atoms with E-state index >= 15 is 0 Å². The fourth-order valence-electron chi connectivity index (χ4n) is 2.05. The molecule has 0 aliphatic heterocycles. The van der Waals surface area contributed by atoms with E-state index in [1.807, 2.05) is 12.3 Å². The first-order chi connectivity index (χ1) is 9.61. The molecule has 2 rings (SSSR count). The standard InChI is InChI=1S/C17H24N2O/c1-5-13(4)20-17-16-9-7-6-8-15(16)14(11-19-17)10-18-12(2)3/h6-9,11-13,18H,5,10H2,1-4H3. The minimum absolute atomic E-state index is 0.186. The first kappa shape index (κ1) is 14.8. The molecule has 3 nitrogen and oxygen atoms in total. The smallest absolute Gasteiger partial charge is 0.221 e. The van der Waals surface area contributed by atoms with Gasteiger partial charge in [0.2, 0.25) is 5.88 Å². The molecule has 0 radical (unpaired) electrons. The van der Waals surface area contributed by atoms with Crippen LogP contribution in [0.1, 0.15) is 39.7 Å². The van der Waals surface area contributed by atoms with Crippen LogP contribution in [0.15, 0.2) is 30.5 Å². The molecule has 0 spiro atoms. The summed E-state index contributed by atoms with van der Waals surface area (Å²) in [5, 5.41) is 5.75. The van der Waals surface area contributed by atoms with Gasteiger partial charge in [-0.15, -0.1) is 0 Å². The predicted molar refractivity (Wildman–Crippen MR) is 84.1 cm³/mol. The second kappa shape index (κ2) is 6.71. The first-order valence-corrected chi connectivity index (χ1v) is 7.38. The lowest BCUT2D eigenvalue weighted by Crippen LogP contribution is -2.22. The molecule has 3 heteroatoms. The Kier molecular flexibility index (Phi) is 4.96. The van der Waals surface area contributed by atoms with E-state index in [9.17, 15) is 0 Å². The van der Waals surface area contributed by atoms with E-state index in [0.29, 0.717) is 6.04 Å². The molecule has 0 aliphatic rings. The number of nitrogens with one attached hydrogen (secondary N) is 1. The largest absolute Gasteiger partial charge is 0.474 e. The van der Waals surface area contributed by atoms with Gasteiger partial charge in [-0.1, -0.05) is 39.0 Å². The highest BCUT2D eigenvalue weighted by atomic mass is 16.5. The fourth-order valence-corrected chi connectivity index (χ4v) is 2.05. The average molecular weight is 272 g/mol. The third-order valence-electron chi connectivity index (χ3n) is 3.43. The van der Waals surface area contributed by atoms with Gasteiger partial charge in [0.05, 0.1) is 6.10 Å². The number of ether oxygens (including phenoxy) is 1. The molecule has 2 aromatic rings. The van der Waals surface area contributed by atoms with Crippen LogP contribution in [0.4, 0.5) is 0 Å². The number of aromatic nitrogens is 1. The molecule has 108 valence electrons. The minimum atomic E-state index is 0.186. The van der Waals surface area contributed by atoms with E-state index in [4.69, 9.17) is 4.74 Å². The second-order valence-corrected chi connectivity index (χ2v) is 5.51. The summed E-state index contributed by atoms with van der Waals surface area (Å²) in [6.07, 6.45) is 3.09. The van der Waals surface area contributed by atoms with Gasteiger partial charge in [0, 0.05) is 24.2 Å². The molecule has 0 aliphatic carbocycles. The summed E-state index contributed by atoms with van der Waals surface area (Å²) in [6.45, 7) is 9.32. The number of fused-ring (bicyclic) bond motifs is 1. The molecule has 1 unspecified atom stereocenters. The summed E-state index contributed by atoms with van der Waals surface area (Å²) in [4.78, 5) is 4.51. The van der Waals surface area contributed by atoms with Gasteiger partial charge < -0.3 is 10.1 Å². The summed E-state index contributed by atoms with van der Waals surface area (Å²) in [5.74, 6) is 0.739. The van der Waals surface area contributed by atoms with Crippen LogP contribution in [0.2, 0.25) is 0 Å². The lowest BCUT2D eigenvalue weighted by Gasteiger charge is -2.16. The summed E-state index contributed by atoms with van der Waals surface area (Å²) in [6, 6.07) is 8.78. The quantitative estimate of drug-likeness (QED) is 0.865. The van der Waals surface area contributed by atoms with Gasteiger partial charge in [0.1, 0.15) is 0 Å². The van der Waals surface area contributed by atoms with Crippen molar-refractivity contribution in [3.8, 4) is 5.88 Å². The zero-order chi connectivity index (χ0) is 14.5. The Hall–Kier alpha value is -1.61. The van der Waals surface area contributed by atoms with E-state index in [1.54, 1.807) is 0 Å². The fraction of sp³-hybridized carbons (Fsp3) is 0.471. The number of hydrogen-bond donors (Lipinski definition) is 1. The molecule has 20 heavy (non-hydrogen) atoms. The Labute approximate surface area is 121 Å². The maximum atomic E-state index is 5.93. The van der Waals surface area contributed by atoms with Crippen molar-refractivity contribution < 1.29 is 4.74 Å². The van der Waals surface area contributed by atoms with Crippen LogP contribution in [0.25, 0.3) is 10.8 Å². The number of hydrogen-bond acceptors (Lipinski definition) is 3. The first-order valence-electron chi connectivity index (χ1n) is 7.38. The number of nitrogens with zero attached hydrogens (tertiary/aromatic N) is 1. The van der Waals surface area contributed by atoms with Crippen molar-refractivity contribution in [2.45, 2.75) is 52.8 Å². The lowest BCUT2D eigenvalue weighted by molar-refractivity contribution is 0.211. The molecule has 0 amide bonds. The average Bonchev–Trinajstić information content (AvgIpc) is 2.46. The van der Waals surface area contributed by atoms with E-state index in [2.05, 4.69) is 56.2 Å². The van der Waals surface area contributed by atoms with Crippen molar-refractivity contribution in [2.24, 2.45) is 0 Å². The number of benzene rings is 1. The van der Waals surface area contributed by atoms with Gasteiger partial charge in [-0.05, 0) is 30.4 Å². The molecular weight excluding hydrogens is 248 g/mol. The van der Waals surface area contributed by atoms with E-state index in [-0.39, 0.29) is 6.10 Å². The highest BCUT2D eigenvalue weighted by molar-refractivity contribution is 5.89. The molecule has 0 saturated carbocycles. The Morgan fingerprint density at radius 2 is 1.85 bits per heavy atom. The van der Waals surface area contributed by atoms with Crippen LogP contribution in [0, 0.1) is 0 Å². The van der Waals surface area contributed by atoms with Crippen LogP contribution < -0.4 is 10.1 Å². The van der Waals surface area contributed by atoms with Crippen LogP contribution in [-0.2, 0) is 6.54 Å². The van der Waals surface area contributed by atoms with E-state index in [0.717, 1.165) is 24.2 Å². The van der Waals surface area contributed by atoms with Gasteiger partial charge in [-0.25, -0.2) is 4.98 Å². The Bertz CT molecular complexity index is 566. The Balaban J connectivity index is 2.36. The summed E-state index contributed by atoms with van der Waals surface area (Å²) < 4.78 is 5.93. The molecule has 0 fully saturated rings. The third kappa shape index (κ3) is 3.48. The number of pyridine rings is 1. The highest BCUT2D eigenvalue weighted by Crippen LogP contribution is 2.27. The van der Waals surface area contributed by atoms with Crippen LogP contribution in [-0.4, -0.2) is 17.1 Å². The maximum Gasteiger partial charge on any atom is 0.221 e. The molecule has 0 bridgehead atoms. The van der Waals surface area contributed by atoms with Crippen LogP contribution in [0.3, 0.4) is 0 Å². The van der Waals surface area contributed by atoms with Crippen molar-refractivity contribution >= 4 is 10.8 Å². The SMILES string of the molecule is CCC(C)Oc1ncc(CNC(C)C)c2ccccc12. The van der Waals surface area contributed by atoms with Gasteiger partial charge in [-0.2, -0.15) is 0 Å². The molecule has 1 aromatic heterocycles. The molecule has 1 N–H and O–H groups in total. The Morgan fingerprint density at radius 3 is 2.50 bits per heavy atom. The van der Waals surface area contributed by atoms with Gasteiger partial charge >= 0.3 is 0 Å². The van der Waals surface area contributed by atoms with Crippen molar-refractivity contribution in [3.05, 3.63) is 36.0 Å². The zero-order valence-corrected chi connectivity index (χ0v) is 12.8. The predicted octanol–water partition coefficient (Wildman–Crippen LogP) is 3.91. The molecular formula is C17H24N2O. The topological polar surface area (TPSA) is 34.1 Å². The summed E-state index contributed by atoms with van der Waals surface area (Å²) >= 11 is 0. The summed E-state index contributed by atoms with van der Waals surface area (Å²) in [7, 11) is 0. The molecule has 1 atom stereocenters. The second-order valence-electron chi connectivity index (χ2n) is 5.51. The molecule has 1 heterocycles. The molecule has 1 aromatic carbocycles. The molecule has 0 saturated heterocycles. The monoisotopic (exact) mass is 272 g/mol. The Morgan fingerprint density at radius 1 is 1.15 bits per heavy atom. The lowest BCUT2D eigenvalue weighted by atomic mass is 10.1. The van der Waals surface area contributed by atoms with Gasteiger partial charge in [0.25, 0.3) is 0 Å². The third-order valence-corrected chi connectivity index (χ3v) is 3.43. The van der Waals surface area contributed by atoms with E-state index in [1.165, 1.54) is 10.9 Å².